The highest BCUT2D eigenvalue weighted by Crippen LogP contribution is 2.22. The Balaban J connectivity index is -0.000000114. The van der Waals surface area contributed by atoms with Gasteiger partial charge in [-0.15, -0.1) is 13.2 Å². The first kappa shape index (κ1) is 75.8. The summed E-state index contributed by atoms with van der Waals surface area (Å²) in [6.45, 7) is 53.8. The van der Waals surface area contributed by atoms with Crippen molar-refractivity contribution in [2.24, 2.45) is 39.9 Å². The van der Waals surface area contributed by atoms with Crippen LogP contribution in [0.4, 0.5) is 13.2 Å². The minimum atomic E-state index is -4.46. The molecule has 0 aliphatic carbocycles. The molecule has 0 aromatic rings. The first-order chi connectivity index (χ1) is 27.9. The fourth-order valence-corrected chi connectivity index (χ4v) is 4.59. The predicted molar refractivity (Wildman–Crippen MR) is 266 cm³/mol. The van der Waals surface area contributed by atoms with Gasteiger partial charge in [0.05, 0.1) is 24.4 Å². The van der Waals surface area contributed by atoms with E-state index in [1.54, 1.807) is 28.4 Å². The SMILES string of the molecule is CC(C)CCOC(C)C.CC(C)CCOC(F)(F)F.CCOCCC(C)(C)C.COC(C)(C)CC(C)C.COC(C)CC(C)(C)C.COCCC(C)C.COCCCC(C)(C)C. The molecule has 0 saturated heterocycles. The molecule has 0 radical (unpaired) electrons. The molecule has 0 fully saturated rings. The van der Waals surface area contributed by atoms with Gasteiger partial charge in [-0.1, -0.05) is 118 Å². The molecule has 0 aliphatic rings. The number of methoxy groups -OCH3 is 4. The Bertz CT molecular complexity index is 811. The van der Waals surface area contributed by atoms with Gasteiger partial charge in [-0.05, 0) is 133 Å². The van der Waals surface area contributed by atoms with E-state index >= 15 is 0 Å². The summed E-state index contributed by atoms with van der Waals surface area (Å²) >= 11 is 0. The molecule has 7 nitrogen and oxygen atoms in total. The molecule has 10 heteroatoms. The summed E-state index contributed by atoms with van der Waals surface area (Å²) in [7, 11) is 7.02. The quantitative estimate of drug-likeness (QED) is 0.106. The third-order valence-electron chi connectivity index (χ3n) is 8.24. The summed E-state index contributed by atoms with van der Waals surface area (Å²) in [5.74, 6) is 2.52. The number of halogens is 3. The van der Waals surface area contributed by atoms with E-state index in [4.69, 9.17) is 28.4 Å². The van der Waals surface area contributed by atoms with Crippen LogP contribution < -0.4 is 0 Å². The molecule has 0 aromatic heterocycles. The zero-order valence-electron chi connectivity index (χ0n) is 46.9. The molecule has 0 aliphatic heterocycles. The summed E-state index contributed by atoms with van der Waals surface area (Å²) < 4.78 is 68.1. The Morgan fingerprint density at radius 1 is 0.468 bits per heavy atom. The topological polar surface area (TPSA) is 64.6 Å². The van der Waals surface area contributed by atoms with Gasteiger partial charge >= 0.3 is 6.36 Å². The summed E-state index contributed by atoms with van der Waals surface area (Å²) in [6, 6.07) is 0. The van der Waals surface area contributed by atoms with Gasteiger partial charge in [0.15, 0.2) is 0 Å². The van der Waals surface area contributed by atoms with Crippen LogP contribution in [0.15, 0.2) is 0 Å². The number of alkyl halides is 3. The summed E-state index contributed by atoms with van der Waals surface area (Å²) in [4.78, 5) is 0. The Morgan fingerprint density at radius 3 is 1.13 bits per heavy atom. The molecule has 0 saturated carbocycles. The monoisotopic (exact) mass is 909 g/mol. The van der Waals surface area contributed by atoms with E-state index < -0.39 is 6.36 Å². The van der Waals surface area contributed by atoms with Gasteiger partial charge in [0.1, 0.15) is 0 Å². The van der Waals surface area contributed by atoms with Crippen LogP contribution in [-0.4, -0.2) is 92.3 Å². The molecule has 0 amide bonds. The van der Waals surface area contributed by atoms with Crippen LogP contribution in [-0.2, 0) is 33.2 Å². The molecule has 0 spiro atoms. The van der Waals surface area contributed by atoms with E-state index in [1.807, 2.05) is 20.8 Å². The van der Waals surface area contributed by atoms with E-state index in [1.165, 1.54) is 25.7 Å². The van der Waals surface area contributed by atoms with Crippen molar-refractivity contribution in [2.75, 3.05) is 68.1 Å². The van der Waals surface area contributed by atoms with Gasteiger partial charge < -0.3 is 28.4 Å². The van der Waals surface area contributed by atoms with Crippen LogP contribution in [0.3, 0.4) is 0 Å². The molecule has 386 valence electrons. The van der Waals surface area contributed by atoms with Crippen molar-refractivity contribution in [2.45, 2.75) is 235 Å². The van der Waals surface area contributed by atoms with Crippen molar-refractivity contribution in [1.82, 2.24) is 0 Å². The van der Waals surface area contributed by atoms with Crippen molar-refractivity contribution in [3.05, 3.63) is 0 Å². The Hall–Kier alpha value is -0.490. The maximum absolute atomic E-state index is 11.3. The lowest BCUT2D eigenvalue weighted by atomic mass is 9.90. The summed E-state index contributed by atoms with van der Waals surface area (Å²) in [6.07, 6.45) is 4.96. The summed E-state index contributed by atoms with van der Waals surface area (Å²) in [5, 5.41) is 0. The molecule has 0 rings (SSSR count). The number of rotatable bonds is 21. The molecule has 0 N–H and O–H groups in total. The van der Waals surface area contributed by atoms with Gasteiger partial charge in [-0.2, -0.15) is 0 Å². The number of hydrogen-bond acceptors (Lipinski definition) is 7. The zero-order valence-corrected chi connectivity index (χ0v) is 46.9. The Morgan fingerprint density at radius 2 is 0.887 bits per heavy atom. The van der Waals surface area contributed by atoms with Crippen LogP contribution in [0.1, 0.15) is 211 Å². The van der Waals surface area contributed by atoms with Crippen molar-refractivity contribution >= 4 is 0 Å². The number of ether oxygens (including phenoxy) is 7. The molecule has 1 unspecified atom stereocenters. The van der Waals surface area contributed by atoms with E-state index in [0.29, 0.717) is 34.9 Å². The summed E-state index contributed by atoms with van der Waals surface area (Å²) in [5.41, 5.74) is 1.36. The van der Waals surface area contributed by atoms with E-state index in [-0.39, 0.29) is 18.1 Å². The minimum absolute atomic E-state index is 0.0637. The normalized spacial score (nSPS) is 12.4. The lowest BCUT2D eigenvalue weighted by Gasteiger charge is -2.24. The third-order valence-corrected chi connectivity index (χ3v) is 8.24. The van der Waals surface area contributed by atoms with Crippen molar-refractivity contribution < 1.29 is 46.3 Å². The fraction of sp³-hybridized carbons (Fsp3) is 1.00. The van der Waals surface area contributed by atoms with Gasteiger partial charge in [0, 0.05) is 61.5 Å². The first-order valence-electron chi connectivity index (χ1n) is 23.8. The molecular formula is C52H115F3O7. The minimum Gasteiger partial charge on any atom is -0.385 e. The van der Waals surface area contributed by atoms with Gasteiger partial charge in [0.2, 0.25) is 0 Å². The molecule has 0 bridgehead atoms. The number of hydrogen-bond donors (Lipinski definition) is 0. The highest BCUT2D eigenvalue weighted by Gasteiger charge is 2.28. The third kappa shape index (κ3) is 108. The van der Waals surface area contributed by atoms with Crippen LogP contribution in [0.25, 0.3) is 0 Å². The maximum Gasteiger partial charge on any atom is 0.522 e. The molecule has 62 heavy (non-hydrogen) atoms. The van der Waals surface area contributed by atoms with Crippen LogP contribution in [0.2, 0.25) is 0 Å². The van der Waals surface area contributed by atoms with E-state index in [2.05, 4.69) is 143 Å². The smallest absolute Gasteiger partial charge is 0.385 e. The average Bonchev–Trinajstić information content (AvgIpc) is 3.06. The van der Waals surface area contributed by atoms with Crippen LogP contribution in [0.5, 0.6) is 0 Å². The second kappa shape index (κ2) is 45.7. The van der Waals surface area contributed by atoms with Crippen LogP contribution >= 0.6 is 0 Å². The fourth-order valence-electron chi connectivity index (χ4n) is 4.59. The van der Waals surface area contributed by atoms with E-state index in [0.717, 1.165) is 70.1 Å². The van der Waals surface area contributed by atoms with Gasteiger partial charge in [-0.25, -0.2) is 0 Å². The molecule has 0 aromatic carbocycles. The first-order valence-corrected chi connectivity index (χ1v) is 23.8. The average molecular weight is 909 g/mol. The largest absolute Gasteiger partial charge is 0.522 e. The predicted octanol–water partition coefficient (Wildman–Crippen LogP) is 16.5. The highest BCUT2D eigenvalue weighted by molar-refractivity contribution is 4.69. The molecule has 0 heterocycles. The lowest BCUT2D eigenvalue weighted by molar-refractivity contribution is -0.325. The van der Waals surface area contributed by atoms with Crippen molar-refractivity contribution in [3.8, 4) is 0 Å². The van der Waals surface area contributed by atoms with Gasteiger partial charge in [0.25, 0.3) is 0 Å². The van der Waals surface area contributed by atoms with Gasteiger partial charge in [-0.3, -0.25) is 4.74 Å². The van der Waals surface area contributed by atoms with Crippen LogP contribution in [0, 0.1) is 39.9 Å². The second-order valence-corrected chi connectivity index (χ2v) is 22.3. The van der Waals surface area contributed by atoms with Crippen molar-refractivity contribution in [1.29, 1.82) is 0 Å². The standard InChI is InChI=1S/5C8H18O.C6H11F3O.C6H14O/c1-7(9-5)6-8(2,3)4;1-7(2)6-8(3,4)9-5;1-8(2,3)6-5-7-9-4;1-7(2)5-6-9-8(3)4;1-5-9-7-6-8(2,3)4;1-5(2)3-4-10-6(7,8)9;1-6(2)4-5-7-3/h2*7H,6H2,1-5H3;5-7H2,1-4H3;7-8H,5-6H2,1-4H3;5-7H2,1-4H3;5H,3-4H2,1-2H3;6H,4-5H2,1-3H3. The second-order valence-electron chi connectivity index (χ2n) is 22.3. The Kier molecular flexibility index (Phi) is 55.8. The molecular weight excluding hydrogens is 794 g/mol. The lowest BCUT2D eigenvalue weighted by Crippen LogP contribution is -2.24. The Labute approximate surface area is 388 Å². The zero-order chi connectivity index (χ0) is 50.8. The highest BCUT2D eigenvalue weighted by atomic mass is 19.4. The maximum atomic E-state index is 11.3. The van der Waals surface area contributed by atoms with Crippen molar-refractivity contribution in [3.63, 3.8) is 0 Å². The van der Waals surface area contributed by atoms with E-state index in [9.17, 15) is 13.2 Å². The molecule has 1 atom stereocenters.